The van der Waals surface area contributed by atoms with Crippen molar-refractivity contribution in [1.82, 2.24) is 4.31 Å². The summed E-state index contributed by atoms with van der Waals surface area (Å²) in [7, 11) is 0. The summed E-state index contributed by atoms with van der Waals surface area (Å²) in [6, 6.07) is 5.15. The Hall–Kier alpha value is -1.28. The molecule has 0 spiro atoms. The molecule has 234 valence electrons. The van der Waals surface area contributed by atoms with Crippen LogP contribution < -0.4 is 4.47 Å². The van der Waals surface area contributed by atoms with Crippen LogP contribution in [0.25, 0.3) is 0 Å². The van der Waals surface area contributed by atoms with E-state index in [0.717, 1.165) is 18.9 Å². The van der Waals surface area contributed by atoms with Gasteiger partial charge in [0.25, 0.3) is 0 Å². The van der Waals surface area contributed by atoms with E-state index in [2.05, 4.69) is 38.9 Å². The molecule has 1 heterocycles. The lowest BCUT2D eigenvalue weighted by molar-refractivity contribution is -0.225. The Kier molecular flexibility index (Phi) is 7.60. The lowest BCUT2D eigenvalue weighted by atomic mass is 9.34. The minimum absolute atomic E-state index is 0.139. The monoisotopic (exact) mass is 598 g/mol. The molecule has 3 N–H and O–H groups in total. The predicted molar refractivity (Wildman–Crippen MR) is 169 cm³/mol. The van der Waals surface area contributed by atoms with Crippen molar-refractivity contribution in [3.05, 3.63) is 29.3 Å². The number of aliphatic hydroxyl groups is 1. The van der Waals surface area contributed by atoms with Crippen LogP contribution in [0.2, 0.25) is 0 Å². The van der Waals surface area contributed by atoms with Crippen LogP contribution in [0, 0.1) is 52.3 Å². The van der Waals surface area contributed by atoms with Gasteiger partial charge in [-0.2, -0.15) is 4.47 Å². The molecule has 1 aliphatic heterocycles. The van der Waals surface area contributed by atoms with Gasteiger partial charge >= 0.3 is 5.97 Å². The summed E-state index contributed by atoms with van der Waals surface area (Å²) < 4.78 is 3.56. The third kappa shape index (κ3) is 4.26. The van der Waals surface area contributed by atoms with Crippen molar-refractivity contribution in [2.45, 2.75) is 118 Å². The molecule has 6 unspecified atom stereocenters. The summed E-state index contributed by atoms with van der Waals surface area (Å²) in [6.07, 6.45) is 13.7. The lowest BCUT2D eigenvalue weighted by Gasteiger charge is -2.71. The Balaban J connectivity index is 1.27. The summed E-state index contributed by atoms with van der Waals surface area (Å²) >= 11 is 1.34. The fourth-order valence-electron chi connectivity index (χ4n) is 12.2. The van der Waals surface area contributed by atoms with E-state index >= 15 is 0 Å². The SMILES string of the molecule is Cc1ccc(N(O)SN2CCCC3(C)C(CCC4(C)C3CCC3[C@H]5CCCC5(CO)CC[C@]34C)C2(C)C)cc1C(=O)O. The van der Waals surface area contributed by atoms with E-state index in [1.54, 1.807) is 25.1 Å². The van der Waals surface area contributed by atoms with Gasteiger partial charge < -0.3 is 10.2 Å². The van der Waals surface area contributed by atoms with Crippen LogP contribution in [-0.2, 0) is 0 Å². The van der Waals surface area contributed by atoms with Gasteiger partial charge in [0.15, 0.2) is 0 Å². The second-order valence-corrected chi connectivity index (χ2v) is 17.2. The second-order valence-electron chi connectivity index (χ2n) is 16.2. The van der Waals surface area contributed by atoms with E-state index < -0.39 is 5.97 Å². The number of aliphatic hydroxyl groups excluding tert-OH is 1. The molecular formula is C35H54N2O4S. The Morgan fingerprint density at radius 1 is 0.929 bits per heavy atom. The molecule has 6 nitrogen and oxygen atoms in total. The van der Waals surface area contributed by atoms with Crippen LogP contribution in [0.15, 0.2) is 18.2 Å². The Morgan fingerprint density at radius 2 is 1.69 bits per heavy atom. The number of fused-ring (bicyclic) bond motifs is 7. The minimum Gasteiger partial charge on any atom is -0.478 e. The van der Waals surface area contributed by atoms with Crippen LogP contribution in [0.5, 0.6) is 0 Å². The molecule has 1 saturated heterocycles. The quantitative estimate of drug-likeness (QED) is 0.232. The summed E-state index contributed by atoms with van der Waals surface area (Å²) in [5.74, 6) is 1.64. The molecule has 6 rings (SSSR count). The van der Waals surface area contributed by atoms with Crippen LogP contribution in [0.4, 0.5) is 5.69 Å². The van der Waals surface area contributed by atoms with Crippen molar-refractivity contribution < 1.29 is 20.2 Å². The van der Waals surface area contributed by atoms with Gasteiger partial charge in [0.05, 0.1) is 23.4 Å². The zero-order valence-electron chi connectivity index (χ0n) is 26.8. The van der Waals surface area contributed by atoms with Crippen molar-refractivity contribution in [2.75, 3.05) is 17.6 Å². The van der Waals surface area contributed by atoms with Crippen LogP contribution >= 0.6 is 12.1 Å². The number of hydrogen-bond donors (Lipinski definition) is 3. The molecule has 5 aliphatic rings. The van der Waals surface area contributed by atoms with E-state index in [-0.39, 0.29) is 21.9 Å². The highest BCUT2D eigenvalue weighted by atomic mass is 32.2. The van der Waals surface area contributed by atoms with Gasteiger partial charge in [-0.15, -0.1) is 0 Å². The van der Waals surface area contributed by atoms with Crippen LogP contribution in [0.1, 0.15) is 121 Å². The molecule has 42 heavy (non-hydrogen) atoms. The number of carbonyl (C=O) groups is 1. The van der Waals surface area contributed by atoms with Crippen LogP contribution in [0.3, 0.4) is 0 Å². The summed E-state index contributed by atoms with van der Waals surface area (Å²) in [5.41, 5.74) is 2.33. The van der Waals surface area contributed by atoms with Crippen molar-refractivity contribution in [3.8, 4) is 0 Å². The fourth-order valence-corrected chi connectivity index (χ4v) is 13.1. The standard InChI is InChI=1S/C35H54N2O4S/c1-23-10-11-24(21-25(23)30(39)40)37(41)42-36-20-8-15-32(4)28(31(36,2)3)14-17-34(6)29(32)13-12-26-27-9-7-16-35(27,22-38)19-18-33(26,34)5/h10-11,21,26-29,38,41H,7-9,12-20,22H2,1-6H3,(H,39,40)/t26?,27-,28?,29?,32?,33-,34?,35?/m1/s1. The van der Waals surface area contributed by atoms with E-state index in [4.69, 9.17) is 0 Å². The molecule has 0 aromatic heterocycles. The zero-order valence-corrected chi connectivity index (χ0v) is 27.6. The first kappa shape index (κ1) is 30.7. The molecule has 5 fully saturated rings. The number of aromatic carboxylic acids is 1. The fraction of sp³-hybridized carbons (Fsp3) is 0.800. The summed E-state index contributed by atoms with van der Waals surface area (Å²) in [4.78, 5) is 11.7. The number of carboxylic acid groups (broad SMARTS) is 1. The maximum atomic E-state index is 11.7. The smallest absolute Gasteiger partial charge is 0.336 e. The first-order chi connectivity index (χ1) is 19.7. The topological polar surface area (TPSA) is 84.2 Å². The maximum Gasteiger partial charge on any atom is 0.336 e. The zero-order chi connectivity index (χ0) is 30.3. The molecule has 0 bridgehead atoms. The number of rotatable bonds is 5. The van der Waals surface area contributed by atoms with Crippen molar-refractivity contribution in [1.29, 1.82) is 0 Å². The molecule has 0 radical (unpaired) electrons. The second kappa shape index (κ2) is 10.4. The van der Waals surface area contributed by atoms with Gasteiger partial charge in [-0.1, -0.05) is 33.3 Å². The highest BCUT2D eigenvalue weighted by Crippen LogP contribution is 2.76. The third-order valence-corrected chi connectivity index (χ3v) is 15.8. The third-order valence-electron chi connectivity index (χ3n) is 14.5. The highest BCUT2D eigenvalue weighted by molar-refractivity contribution is 7.98. The molecule has 7 heteroatoms. The van der Waals surface area contributed by atoms with E-state index in [9.17, 15) is 20.2 Å². The first-order valence-electron chi connectivity index (χ1n) is 16.6. The molecule has 1 aromatic rings. The number of benzene rings is 1. The lowest BCUT2D eigenvalue weighted by Crippen LogP contribution is -2.65. The first-order valence-corrected chi connectivity index (χ1v) is 17.4. The van der Waals surface area contributed by atoms with Crippen molar-refractivity contribution in [2.24, 2.45) is 45.3 Å². The average molecular weight is 599 g/mol. The molecule has 0 amide bonds. The molecule has 4 saturated carbocycles. The largest absolute Gasteiger partial charge is 0.478 e. The van der Waals surface area contributed by atoms with Gasteiger partial charge in [-0.3, -0.25) is 5.21 Å². The number of carboxylic acids is 1. The van der Waals surface area contributed by atoms with Crippen molar-refractivity contribution >= 4 is 23.8 Å². The van der Waals surface area contributed by atoms with Gasteiger partial charge in [-0.25, -0.2) is 9.10 Å². The maximum absolute atomic E-state index is 11.7. The summed E-state index contributed by atoms with van der Waals surface area (Å²) in [5, 5.41) is 31.4. The molecule has 1 aromatic carbocycles. The Bertz CT molecular complexity index is 1220. The number of nitrogens with zero attached hydrogens (tertiary/aromatic N) is 2. The van der Waals surface area contributed by atoms with E-state index in [0.29, 0.717) is 46.4 Å². The normalized spacial score (nSPS) is 43.0. The van der Waals surface area contributed by atoms with E-state index in [1.807, 2.05) is 0 Å². The van der Waals surface area contributed by atoms with Gasteiger partial charge in [0, 0.05) is 18.7 Å². The number of anilines is 1. The Labute approximate surface area is 257 Å². The van der Waals surface area contributed by atoms with Crippen LogP contribution in [-0.4, -0.2) is 44.4 Å². The molecule has 4 aliphatic carbocycles. The number of aryl methyl sites for hydroxylation is 1. The van der Waals surface area contributed by atoms with Gasteiger partial charge in [0.1, 0.15) is 0 Å². The van der Waals surface area contributed by atoms with E-state index in [1.165, 1.54) is 80.8 Å². The Morgan fingerprint density at radius 3 is 2.40 bits per heavy atom. The van der Waals surface area contributed by atoms with Gasteiger partial charge in [0.2, 0.25) is 0 Å². The molecular weight excluding hydrogens is 544 g/mol. The minimum atomic E-state index is -0.972. The molecule has 8 atom stereocenters. The predicted octanol–water partition coefficient (Wildman–Crippen LogP) is 8.35. The number of hydrogen-bond acceptors (Lipinski definition) is 6. The summed E-state index contributed by atoms with van der Waals surface area (Å²) in [6.45, 7) is 15.8. The van der Waals surface area contributed by atoms with Gasteiger partial charge in [-0.05, 0) is 148 Å². The highest BCUT2D eigenvalue weighted by Gasteiger charge is 2.69. The average Bonchev–Trinajstić information content (AvgIpc) is 3.34. The van der Waals surface area contributed by atoms with Crippen molar-refractivity contribution in [3.63, 3.8) is 0 Å².